The van der Waals surface area contributed by atoms with Gasteiger partial charge in [0.2, 0.25) is 10.0 Å². The summed E-state index contributed by atoms with van der Waals surface area (Å²) in [5, 5.41) is 2.87. The minimum Gasteiger partial charge on any atom is -0.497 e. The van der Waals surface area contributed by atoms with Gasteiger partial charge in [-0.3, -0.25) is 9.10 Å². The van der Waals surface area contributed by atoms with Crippen molar-refractivity contribution in [2.75, 3.05) is 30.8 Å². The molecule has 152 valence electrons. The molecule has 0 spiro atoms. The van der Waals surface area contributed by atoms with Crippen LogP contribution >= 0.6 is 0 Å². The number of benzene rings is 2. The number of anilines is 1. The lowest BCUT2D eigenvalue weighted by atomic mass is 10.1. The summed E-state index contributed by atoms with van der Waals surface area (Å²) in [7, 11) is -1.73. The second kappa shape index (κ2) is 9.45. The first-order valence-electron chi connectivity index (χ1n) is 8.88. The van der Waals surface area contributed by atoms with Crippen LogP contribution in [0, 0.1) is 0 Å². The molecule has 2 aromatic carbocycles. The SMILES string of the molecule is CCN(c1ccc(OCC(=O)N[C@H](C)c2ccc(OC)cc2)cc1)S(C)(=O)=O. The minimum absolute atomic E-state index is 0.136. The monoisotopic (exact) mass is 406 g/mol. The van der Waals surface area contributed by atoms with E-state index in [0.29, 0.717) is 18.0 Å². The fourth-order valence-corrected chi connectivity index (χ4v) is 3.70. The summed E-state index contributed by atoms with van der Waals surface area (Å²) >= 11 is 0. The molecule has 0 aromatic heterocycles. The average Bonchev–Trinajstić information content (AvgIpc) is 2.67. The van der Waals surface area contributed by atoms with E-state index in [9.17, 15) is 13.2 Å². The van der Waals surface area contributed by atoms with E-state index >= 15 is 0 Å². The number of carbonyl (C=O) groups is 1. The van der Waals surface area contributed by atoms with Gasteiger partial charge < -0.3 is 14.8 Å². The van der Waals surface area contributed by atoms with E-state index in [1.165, 1.54) is 4.31 Å². The minimum atomic E-state index is -3.33. The maximum Gasteiger partial charge on any atom is 0.258 e. The van der Waals surface area contributed by atoms with E-state index in [-0.39, 0.29) is 18.6 Å². The van der Waals surface area contributed by atoms with Gasteiger partial charge in [-0.05, 0) is 55.8 Å². The third kappa shape index (κ3) is 5.88. The molecule has 0 aliphatic rings. The highest BCUT2D eigenvalue weighted by Gasteiger charge is 2.15. The summed E-state index contributed by atoms with van der Waals surface area (Å²) in [5.74, 6) is 0.992. The first-order chi connectivity index (χ1) is 13.2. The highest BCUT2D eigenvalue weighted by molar-refractivity contribution is 7.92. The maximum atomic E-state index is 12.1. The summed E-state index contributed by atoms with van der Waals surface area (Å²) < 4.78 is 35.4. The van der Waals surface area contributed by atoms with Crippen molar-refractivity contribution in [3.05, 3.63) is 54.1 Å². The molecule has 0 fully saturated rings. The number of ether oxygens (including phenoxy) is 2. The van der Waals surface area contributed by atoms with Crippen molar-refractivity contribution < 1.29 is 22.7 Å². The van der Waals surface area contributed by atoms with Crippen LogP contribution in [0.4, 0.5) is 5.69 Å². The van der Waals surface area contributed by atoms with Gasteiger partial charge in [-0.1, -0.05) is 12.1 Å². The predicted octanol–water partition coefficient (Wildman–Crippen LogP) is 2.74. The Labute approximate surface area is 166 Å². The largest absolute Gasteiger partial charge is 0.497 e. The van der Waals surface area contributed by atoms with Gasteiger partial charge in [0.1, 0.15) is 11.5 Å². The molecule has 28 heavy (non-hydrogen) atoms. The summed E-state index contributed by atoms with van der Waals surface area (Å²) in [4.78, 5) is 12.1. The van der Waals surface area contributed by atoms with Crippen LogP contribution in [0.15, 0.2) is 48.5 Å². The second-order valence-electron chi connectivity index (χ2n) is 6.27. The fraction of sp³-hybridized carbons (Fsp3) is 0.350. The standard InChI is InChI=1S/C20H26N2O5S/c1-5-22(28(4,24)25)17-8-12-19(13-9-17)27-14-20(23)21-15(2)16-6-10-18(26-3)11-7-16/h6-13,15H,5,14H2,1-4H3,(H,21,23)/t15-/m1/s1. The first kappa shape index (κ1) is 21.6. The number of amides is 1. The van der Waals surface area contributed by atoms with Crippen LogP contribution in [0.1, 0.15) is 25.5 Å². The number of sulfonamides is 1. The molecule has 0 radical (unpaired) electrons. The highest BCUT2D eigenvalue weighted by atomic mass is 32.2. The third-order valence-electron chi connectivity index (χ3n) is 4.18. The molecule has 0 unspecified atom stereocenters. The molecule has 1 N–H and O–H groups in total. The maximum absolute atomic E-state index is 12.1. The van der Waals surface area contributed by atoms with Crippen LogP contribution in [-0.4, -0.2) is 40.8 Å². The average molecular weight is 407 g/mol. The second-order valence-corrected chi connectivity index (χ2v) is 8.18. The summed E-state index contributed by atoms with van der Waals surface area (Å²) in [5.41, 5.74) is 1.51. The molecule has 1 amide bonds. The van der Waals surface area contributed by atoms with Crippen LogP contribution < -0.4 is 19.1 Å². The van der Waals surface area contributed by atoms with Gasteiger partial charge in [-0.15, -0.1) is 0 Å². The summed E-state index contributed by atoms with van der Waals surface area (Å²) in [6.45, 7) is 3.85. The fourth-order valence-electron chi connectivity index (χ4n) is 2.73. The number of carbonyl (C=O) groups excluding carboxylic acids is 1. The van der Waals surface area contributed by atoms with Gasteiger partial charge >= 0.3 is 0 Å². The Morgan fingerprint density at radius 2 is 1.64 bits per heavy atom. The zero-order chi connectivity index (χ0) is 20.7. The Hall–Kier alpha value is -2.74. The van der Waals surface area contributed by atoms with Crippen molar-refractivity contribution >= 4 is 21.6 Å². The number of rotatable bonds is 9. The highest BCUT2D eigenvalue weighted by Crippen LogP contribution is 2.21. The molecule has 0 aliphatic carbocycles. The van der Waals surface area contributed by atoms with E-state index in [0.717, 1.165) is 17.6 Å². The van der Waals surface area contributed by atoms with Crippen LogP contribution in [0.2, 0.25) is 0 Å². The Bertz CT molecular complexity index is 880. The lowest BCUT2D eigenvalue weighted by Crippen LogP contribution is -2.31. The van der Waals surface area contributed by atoms with Gasteiger partial charge in [0, 0.05) is 6.54 Å². The van der Waals surface area contributed by atoms with Crippen molar-refractivity contribution in [1.82, 2.24) is 5.32 Å². The van der Waals surface area contributed by atoms with Gasteiger partial charge in [-0.25, -0.2) is 8.42 Å². The number of nitrogens with zero attached hydrogens (tertiary/aromatic N) is 1. The first-order valence-corrected chi connectivity index (χ1v) is 10.7. The molecule has 0 aliphatic heterocycles. The zero-order valence-corrected chi connectivity index (χ0v) is 17.3. The number of hydrogen-bond acceptors (Lipinski definition) is 5. The van der Waals surface area contributed by atoms with Gasteiger partial charge in [0.25, 0.3) is 5.91 Å². The number of methoxy groups -OCH3 is 1. The Morgan fingerprint density at radius 1 is 1.07 bits per heavy atom. The molecular formula is C20H26N2O5S. The topological polar surface area (TPSA) is 84.9 Å². The van der Waals surface area contributed by atoms with Crippen molar-refractivity contribution in [3.63, 3.8) is 0 Å². The molecule has 0 bridgehead atoms. The molecule has 1 atom stereocenters. The quantitative estimate of drug-likeness (QED) is 0.692. The molecule has 0 saturated heterocycles. The zero-order valence-electron chi connectivity index (χ0n) is 16.5. The van der Waals surface area contributed by atoms with E-state index in [4.69, 9.17) is 9.47 Å². The van der Waals surface area contributed by atoms with Crippen molar-refractivity contribution in [2.24, 2.45) is 0 Å². The molecule has 0 heterocycles. The van der Waals surface area contributed by atoms with Crippen LogP contribution in [-0.2, 0) is 14.8 Å². The summed E-state index contributed by atoms with van der Waals surface area (Å²) in [6.07, 6.45) is 1.16. The van der Waals surface area contributed by atoms with E-state index in [2.05, 4.69) is 5.32 Å². The Balaban J connectivity index is 1.89. The number of hydrogen-bond donors (Lipinski definition) is 1. The van der Waals surface area contributed by atoms with Crippen LogP contribution in [0.5, 0.6) is 11.5 Å². The summed E-state index contributed by atoms with van der Waals surface area (Å²) in [6, 6.07) is 13.9. The van der Waals surface area contributed by atoms with E-state index in [1.807, 2.05) is 31.2 Å². The lowest BCUT2D eigenvalue weighted by Gasteiger charge is -2.20. The van der Waals surface area contributed by atoms with Gasteiger partial charge in [0.15, 0.2) is 6.61 Å². The van der Waals surface area contributed by atoms with E-state index < -0.39 is 10.0 Å². The molecule has 0 saturated carbocycles. The molecule has 7 nitrogen and oxygen atoms in total. The van der Waals surface area contributed by atoms with Crippen molar-refractivity contribution in [1.29, 1.82) is 0 Å². The predicted molar refractivity (Wildman–Crippen MR) is 109 cm³/mol. The van der Waals surface area contributed by atoms with Crippen molar-refractivity contribution in [2.45, 2.75) is 19.9 Å². The third-order valence-corrected chi connectivity index (χ3v) is 5.45. The molecule has 2 aromatic rings. The van der Waals surface area contributed by atoms with Crippen LogP contribution in [0.3, 0.4) is 0 Å². The normalized spacial score (nSPS) is 12.1. The van der Waals surface area contributed by atoms with Crippen molar-refractivity contribution in [3.8, 4) is 11.5 Å². The van der Waals surface area contributed by atoms with Gasteiger partial charge in [0.05, 0.1) is 25.1 Å². The molecular weight excluding hydrogens is 380 g/mol. The Kier molecular flexibility index (Phi) is 7.28. The Morgan fingerprint density at radius 3 is 2.14 bits per heavy atom. The smallest absolute Gasteiger partial charge is 0.258 e. The van der Waals surface area contributed by atoms with Gasteiger partial charge in [-0.2, -0.15) is 0 Å². The lowest BCUT2D eigenvalue weighted by molar-refractivity contribution is -0.123. The molecule has 2 rings (SSSR count). The van der Waals surface area contributed by atoms with E-state index in [1.54, 1.807) is 38.3 Å². The molecule has 8 heteroatoms. The van der Waals surface area contributed by atoms with Crippen LogP contribution in [0.25, 0.3) is 0 Å². The number of nitrogens with one attached hydrogen (secondary N) is 1.